The first-order chi connectivity index (χ1) is 19.2. The first-order valence-corrected chi connectivity index (χ1v) is 15.7. The molecule has 8 nitrogen and oxygen atoms in total. The molecule has 0 aliphatic carbocycles. The molecule has 0 unspecified atom stereocenters. The van der Waals surface area contributed by atoms with Crippen molar-refractivity contribution in [2.45, 2.75) is 45.3 Å². The van der Waals surface area contributed by atoms with Crippen molar-refractivity contribution in [3.8, 4) is 23.0 Å². The van der Waals surface area contributed by atoms with E-state index >= 15 is 0 Å². The van der Waals surface area contributed by atoms with Crippen molar-refractivity contribution in [3.63, 3.8) is 0 Å². The van der Waals surface area contributed by atoms with Crippen LogP contribution in [0.2, 0.25) is 0 Å². The lowest BCUT2D eigenvalue weighted by Crippen LogP contribution is -2.03. The number of phenols is 2. The fourth-order valence-electron chi connectivity index (χ4n) is 3.89. The fraction of sp³-hybridized carbons (Fsp3) is 0.200. The van der Waals surface area contributed by atoms with Crippen LogP contribution < -0.4 is 9.47 Å². The molecule has 0 atom stereocenters. The highest BCUT2D eigenvalue weighted by Crippen LogP contribution is 2.26. The lowest BCUT2D eigenvalue weighted by atomic mass is 10.2. The Morgan fingerprint density at radius 2 is 0.700 bits per heavy atom. The van der Waals surface area contributed by atoms with E-state index < -0.39 is 19.7 Å². The molecule has 4 rings (SSSR count). The second kappa shape index (κ2) is 12.9. The van der Waals surface area contributed by atoms with Crippen LogP contribution in [0.5, 0.6) is 23.0 Å². The molecule has 0 amide bonds. The Labute approximate surface area is 234 Å². The summed E-state index contributed by atoms with van der Waals surface area (Å²) in [6.45, 7) is 1.00. The van der Waals surface area contributed by atoms with Crippen molar-refractivity contribution < 1.29 is 36.5 Å². The van der Waals surface area contributed by atoms with Crippen molar-refractivity contribution in [1.29, 1.82) is 0 Å². The maximum atomic E-state index is 12.7. The molecule has 0 spiro atoms. The molecule has 0 aliphatic rings. The van der Waals surface area contributed by atoms with Crippen LogP contribution in [0.3, 0.4) is 0 Å². The number of rotatable bonds is 13. The molecule has 2 N–H and O–H groups in total. The lowest BCUT2D eigenvalue weighted by molar-refractivity contribution is 0.287. The van der Waals surface area contributed by atoms with Crippen LogP contribution >= 0.6 is 0 Å². The predicted octanol–water partition coefficient (Wildman–Crippen LogP) is 5.78. The number of hydrogen-bond acceptors (Lipinski definition) is 8. The molecular formula is C30H30O8S2. The zero-order chi connectivity index (χ0) is 28.6. The van der Waals surface area contributed by atoms with Gasteiger partial charge in [0.2, 0.25) is 19.7 Å². The van der Waals surface area contributed by atoms with Gasteiger partial charge in [0.15, 0.2) is 0 Å². The third kappa shape index (κ3) is 7.34. The molecule has 0 aliphatic heterocycles. The van der Waals surface area contributed by atoms with E-state index in [-0.39, 0.29) is 31.1 Å². The van der Waals surface area contributed by atoms with Crippen LogP contribution in [0.1, 0.15) is 25.7 Å². The van der Waals surface area contributed by atoms with E-state index in [1.807, 2.05) is 0 Å². The van der Waals surface area contributed by atoms with Gasteiger partial charge in [0.1, 0.15) is 23.0 Å². The molecular weight excluding hydrogens is 552 g/mol. The molecule has 0 fully saturated rings. The molecule has 0 saturated heterocycles. The Morgan fingerprint density at radius 3 is 1.00 bits per heavy atom. The van der Waals surface area contributed by atoms with Crippen molar-refractivity contribution >= 4 is 19.7 Å². The average molecular weight is 583 g/mol. The van der Waals surface area contributed by atoms with E-state index in [0.717, 1.165) is 25.7 Å². The van der Waals surface area contributed by atoms with Gasteiger partial charge in [0.05, 0.1) is 32.8 Å². The number of sulfone groups is 2. The van der Waals surface area contributed by atoms with Crippen LogP contribution in [0.4, 0.5) is 0 Å². The monoisotopic (exact) mass is 582 g/mol. The van der Waals surface area contributed by atoms with E-state index in [2.05, 4.69) is 0 Å². The fourth-order valence-corrected chi connectivity index (χ4v) is 6.41. The molecule has 210 valence electrons. The quantitative estimate of drug-likeness (QED) is 0.190. The molecule has 40 heavy (non-hydrogen) atoms. The standard InChI is InChI=1S/C30H30O8S2/c31-23-5-13-27(14-6-23)39(33,34)29-17-9-25(10-18-29)37-21-3-1-2-4-22-38-26-11-19-30(20-12-26)40(35,36)28-15-7-24(32)8-16-28/h5-20,31-32H,1-4,21-22H2. The Morgan fingerprint density at radius 1 is 0.425 bits per heavy atom. The number of unbranched alkanes of at least 4 members (excludes halogenated alkanes) is 3. The van der Waals surface area contributed by atoms with Crippen LogP contribution in [0, 0.1) is 0 Å². The number of benzene rings is 4. The van der Waals surface area contributed by atoms with Crippen molar-refractivity contribution in [2.24, 2.45) is 0 Å². The summed E-state index contributed by atoms with van der Waals surface area (Å²) in [5.41, 5.74) is 0. The smallest absolute Gasteiger partial charge is 0.206 e. The van der Waals surface area contributed by atoms with Gasteiger partial charge in [-0.25, -0.2) is 16.8 Å². The van der Waals surface area contributed by atoms with Gasteiger partial charge in [0, 0.05) is 0 Å². The van der Waals surface area contributed by atoms with Gasteiger partial charge >= 0.3 is 0 Å². The average Bonchev–Trinajstić information content (AvgIpc) is 2.95. The molecule has 0 aromatic heterocycles. The van der Waals surface area contributed by atoms with Crippen molar-refractivity contribution in [3.05, 3.63) is 97.1 Å². The zero-order valence-electron chi connectivity index (χ0n) is 21.6. The molecule has 0 saturated carbocycles. The first-order valence-electron chi connectivity index (χ1n) is 12.7. The Bertz CT molecular complexity index is 1470. The molecule has 4 aromatic rings. The van der Waals surface area contributed by atoms with Crippen molar-refractivity contribution in [2.75, 3.05) is 13.2 Å². The minimum absolute atomic E-state index is 0.00306. The van der Waals surface area contributed by atoms with Gasteiger partial charge in [-0.15, -0.1) is 0 Å². The van der Waals surface area contributed by atoms with Crippen LogP contribution in [-0.4, -0.2) is 40.3 Å². The minimum Gasteiger partial charge on any atom is -0.508 e. The molecule has 4 aromatic carbocycles. The van der Waals surface area contributed by atoms with E-state index in [9.17, 15) is 27.0 Å². The van der Waals surface area contributed by atoms with E-state index in [1.165, 1.54) is 72.8 Å². The van der Waals surface area contributed by atoms with Gasteiger partial charge in [-0.2, -0.15) is 0 Å². The topological polar surface area (TPSA) is 127 Å². The number of ether oxygens (including phenoxy) is 2. The predicted molar refractivity (Wildman–Crippen MR) is 149 cm³/mol. The highest BCUT2D eigenvalue weighted by Gasteiger charge is 2.18. The number of hydrogen-bond donors (Lipinski definition) is 2. The van der Waals surface area contributed by atoms with Gasteiger partial charge in [-0.05, 0) is 123 Å². The SMILES string of the molecule is O=S(=O)(c1ccc(O)cc1)c1ccc(OCCCCCCOc2ccc(S(=O)(=O)c3ccc(O)cc3)cc2)cc1. The zero-order valence-corrected chi connectivity index (χ0v) is 23.3. The molecule has 10 heteroatoms. The molecule has 0 bridgehead atoms. The van der Waals surface area contributed by atoms with E-state index in [4.69, 9.17) is 9.47 Å². The summed E-state index contributed by atoms with van der Waals surface area (Å²) in [7, 11) is -7.33. The summed E-state index contributed by atoms with van der Waals surface area (Å²) in [6.07, 6.45) is 3.52. The largest absolute Gasteiger partial charge is 0.508 e. The third-order valence-corrected chi connectivity index (χ3v) is 9.71. The van der Waals surface area contributed by atoms with Crippen LogP contribution in [0.15, 0.2) is 117 Å². The van der Waals surface area contributed by atoms with Crippen LogP contribution in [-0.2, 0) is 19.7 Å². The molecule has 0 radical (unpaired) electrons. The summed E-state index contributed by atoms with van der Waals surface area (Å²) >= 11 is 0. The van der Waals surface area contributed by atoms with Crippen molar-refractivity contribution in [1.82, 2.24) is 0 Å². The Hall–Kier alpha value is -4.02. The van der Waals surface area contributed by atoms with E-state index in [1.54, 1.807) is 24.3 Å². The summed E-state index contributed by atoms with van der Waals surface area (Å²) in [5, 5.41) is 18.7. The highest BCUT2D eigenvalue weighted by atomic mass is 32.2. The van der Waals surface area contributed by atoms with Gasteiger partial charge in [-0.3, -0.25) is 0 Å². The highest BCUT2D eigenvalue weighted by molar-refractivity contribution is 7.91. The summed E-state index contributed by atoms with van der Waals surface area (Å²) in [6, 6.07) is 23.3. The van der Waals surface area contributed by atoms with Gasteiger partial charge in [-0.1, -0.05) is 0 Å². The van der Waals surface area contributed by atoms with E-state index in [0.29, 0.717) is 24.7 Å². The number of phenolic OH excluding ortho intramolecular Hbond substituents is 2. The summed E-state index contributed by atoms with van der Waals surface area (Å²) in [4.78, 5) is 0.523. The Kier molecular flexibility index (Phi) is 9.34. The Balaban J connectivity index is 1.13. The minimum atomic E-state index is -3.67. The second-order valence-corrected chi connectivity index (χ2v) is 12.9. The maximum Gasteiger partial charge on any atom is 0.206 e. The van der Waals surface area contributed by atoms with Gasteiger partial charge < -0.3 is 19.7 Å². The normalized spacial score (nSPS) is 11.7. The number of aromatic hydroxyl groups is 2. The summed E-state index contributed by atoms with van der Waals surface area (Å²) in [5.74, 6) is 1.18. The first kappa shape index (κ1) is 29.0. The molecule has 0 heterocycles. The lowest BCUT2D eigenvalue weighted by Gasteiger charge is -2.09. The maximum absolute atomic E-state index is 12.7. The second-order valence-electron chi connectivity index (χ2n) is 9.05. The van der Waals surface area contributed by atoms with Crippen LogP contribution in [0.25, 0.3) is 0 Å². The summed E-state index contributed by atoms with van der Waals surface area (Å²) < 4.78 is 62.2. The van der Waals surface area contributed by atoms with Gasteiger partial charge in [0.25, 0.3) is 0 Å². The third-order valence-electron chi connectivity index (χ3n) is 6.14.